The number of esters is 1. The summed E-state index contributed by atoms with van der Waals surface area (Å²) in [5.74, 6) is 0.341. The minimum atomic E-state index is -0.466. The zero-order chi connectivity index (χ0) is 16.9. The summed E-state index contributed by atoms with van der Waals surface area (Å²) < 4.78 is 23.2. The van der Waals surface area contributed by atoms with Crippen molar-refractivity contribution in [2.24, 2.45) is 4.99 Å². The minimum absolute atomic E-state index is 0.261. The molecule has 0 aliphatic carbocycles. The van der Waals surface area contributed by atoms with Gasteiger partial charge in [-0.2, -0.15) is 0 Å². The Hall–Kier alpha value is -2.95. The molecule has 0 radical (unpaired) electrons. The number of aryl methyl sites for hydroxylation is 1. The molecule has 0 fully saturated rings. The van der Waals surface area contributed by atoms with E-state index in [1.807, 2.05) is 24.3 Å². The third-order valence-electron chi connectivity index (χ3n) is 3.60. The van der Waals surface area contributed by atoms with Crippen LogP contribution in [0.25, 0.3) is 6.08 Å². The summed E-state index contributed by atoms with van der Waals surface area (Å²) in [6, 6.07) is 13.6. The first-order chi connectivity index (χ1) is 11.6. The Morgan fingerprint density at radius 3 is 2.71 bits per heavy atom. The summed E-state index contributed by atoms with van der Waals surface area (Å²) in [7, 11) is 1.59. The van der Waals surface area contributed by atoms with Crippen molar-refractivity contribution in [2.45, 2.75) is 12.8 Å². The van der Waals surface area contributed by atoms with Crippen LogP contribution in [0.1, 0.15) is 17.5 Å². The number of carbonyl (C=O) groups is 1. The van der Waals surface area contributed by atoms with Crippen molar-refractivity contribution in [3.8, 4) is 5.75 Å². The highest BCUT2D eigenvalue weighted by atomic mass is 19.1. The number of ether oxygens (including phenoxy) is 2. The van der Waals surface area contributed by atoms with E-state index in [-0.39, 0.29) is 11.5 Å². The number of halogens is 1. The van der Waals surface area contributed by atoms with Gasteiger partial charge in [0.05, 0.1) is 7.11 Å². The average molecular weight is 325 g/mol. The molecule has 0 spiro atoms. The predicted octanol–water partition coefficient (Wildman–Crippen LogP) is 3.76. The second-order valence-corrected chi connectivity index (χ2v) is 5.33. The van der Waals surface area contributed by atoms with E-state index in [9.17, 15) is 9.18 Å². The highest BCUT2D eigenvalue weighted by Crippen LogP contribution is 2.20. The van der Waals surface area contributed by atoms with E-state index in [1.165, 1.54) is 12.1 Å². The Morgan fingerprint density at radius 2 is 1.96 bits per heavy atom. The van der Waals surface area contributed by atoms with Crippen molar-refractivity contribution in [1.29, 1.82) is 0 Å². The van der Waals surface area contributed by atoms with Gasteiger partial charge >= 0.3 is 5.97 Å². The Labute approximate surface area is 139 Å². The molecule has 4 nitrogen and oxygen atoms in total. The summed E-state index contributed by atoms with van der Waals surface area (Å²) in [6.07, 6.45) is 2.77. The molecule has 0 atom stereocenters. The third kappa shape index (κ3) is 3.87. The van der Waals surface area contributed by atoms with Crippen LogP contribution in [0.4, 0.5) is 4.39 Å². The van der Waals surface area contributed by atoms with Crippen LogP contribution in [0.3, 0.4) is 0 Å². The number of methoxy groups -OCH3 is 1. The molecule has 1 aliphatic rings. The molecular weight excluding hydrogens is 309 g/mol. The lowest BCUT2D eigenvalue weighted by atomic mass is 10.1. The maximum atomic E-state index is 12.9. The van der Waals surface area contributed by atoms with Crippen LogP contribution in [0.15, 0.2) is 59.2 Å². The molecule has 24 heavy (non-hydrogen) atoms. The lowest BCUT2D eigenvalue weighted by Gasteiger charge is -2.00. The van der Waals surface area contributed by atoms with Crippen LogP contribution < -0.4 is 4.74 Å². The van der Waals surface area contributed by atoms with Crippen LogP contribution in [-0.4, -0.2) is 19.0 Å². The van der Waals surface area contributed by atoms with E-state index in [4.69, 9.17) is 9.47 Å². The number of aliphatic imine (C=N–C) groups is 1. The topological polar surface area (TPSA) is 47.9 Å². The van der Waals surface area contributed by atoms with Crippen molar-refractivity contribution >= 4 is 17.9 Å². The zero-order valence-electron chi connectivity index (χ0n) is 13.2. The lowest BCUT2D eigenvalue weighted by molar-refractivity contribution is -0.130. The van der Waals surface area contributed by atoms with Gasteiger partial charge in [-0.3, -0.25) is 0 Å². The number of carbonyl (C=O) groups excluding carboxylic acids is 1. The van der Waals surface area contributed by atoms with Gasteiger partial charge in [-0.1, -0.05) is 24.3 Å². The minimum Gasteiger partial charge on any atom is -0.497 e. The van der Waals surface area contributed by atoms with Gasteiger partial charge in [0, 0.05) is 6.42 Å². The molecule has 1 heterocycles. The normalized spacial score (nSPS) is 15.3. The van der Waals surface area contributed by atoms with Crippen LogP contribution >= 0.6 is 0 Å². The summed E-state index contributed by atoms with van der Waals surface area (Å²) in [4.78, 5) is 16.2. The van der Waals surface area contributed by atoms with E-state index < -0.39 is 5.97 Å². The molecule has 122 valence electrons. The van der Waals surface area contributed by atoms with Crippen molar-refractivity contribution in [3.05, 3.63) is 71.2 Å². The standard InChI is InChI=1S/C19H16FNO3/c1-23-16-4-2-3-14(11-16)12-17-19(22)24-18(21-17)10-7-13-5-8-15(20)9-6-13/h2-6,8-9,11-12H,7,10H2,1H3/b17-12+. The van der Waals surface area contributed by atoms with Gasteiger partial charge in [-0.25, -0.2) is 14.2 Å². The third-order valence-corrected chi connectivity index (χ3v) is 3.60. The first-order valence-electron chi connectivity index (χ1n) is 7.54. The summed E-state index contributed by atoms with van der Waals surface area (Å²) in [5.41, 5.74) is 2.03. The van der Waals surface area contributed by atoms with Gasteiger partial charge in [0.2, 0.25) is 0 Å². The maximum absolute atomic E-state index is 12.9. The molecular formula is C19H16FNO3. The van der Waals surface area contributed by atoms with E-state index in [2.05, 4.69) is 4.99 Å². The van der Waals surface area contributed by atoms with Gasteiger partial charge in [-0.05, 0) is 47.9 Å². The SMILES string of the molecule is COc1cccc(/C=C2/N=C(CCc3ccc(F)cc3)OC2=O)c1. The molecule has 0 N–H and O–H groups in total. The largest absolute Gasteiger partial charge is 0.497 e. The number of rotatable bonds is 5. The van der Waals surface area contributed by atoms with E-state index in [0.29, 0.717) is 24.5 Å². The fraction of sp³-hybridized carbons (Fsp3) is 0.158. The molecule has 5 heteroatoms. The first-order valence-corrected chi connectivity index (χ1v) is 7.54. The van der Waals surface area contributed by atoms with E-state index >= 15 is 0 Å². The van der Waals surface area contributed by atoms with Crippen LogP contribution in [0.2, 0.25) is 0 Å². The van der Waals surface area contributed by atoms with Gasteiger partial charge in [0.15, 0.2) is 11.6 Å². The first kappa shape index (κ1) is 15.9. The molecule has 3 rings (SSSR count). The number of hydrogen-bond donors (Lipinski definition) is 0. The van der Waals surface area contributed by atoms with Crippen LogP contribution in [-0.2, 0) is 16.0 Å². The lowest BCUT2D eigenvalue weighted by Crippen LogP contribution is -2.05. The monoisotopic (exact) mass is 325 g/mol. The van der Waals surface area contributed by atoms with Gasteiger partial charge in [0.1, 0.15) is 11.6 Å². The maximum Gasteiger partial charge on any atom is 0.363 e. The van der Waals surface area contributed by atoms with Crippen molar-refractivity contribution in [2.75, 3.05) is 7.11 Å². The molecule has 0 saturated carbocycles. The van der Waals surface area contributed by atoms with Gasteiger partial charge in [0.25, 0.3) is 0 Å². The number of nitrogens with zero attached hydrogens (tertiary/aromatic N) is 1. The van der Waals surface area contributed by atoms with Crippen LogP contribution in [0, 0.1) is 5.82 Å². The summed E-state index contributed by atoms with van der Waals surface area (Å²) >= 11 is 0. The molecule has 0 unspecified atom stereocenters. The fourth-order valence-corrected chi connectivity index (χ4v) is 2.35. The Balaban J connectivity index is 1.70. The van der Waals surface area contributed by atoms with Crippen molar-refractivity contribution in [1.82, 2.24) is 0 Å². The second-order valence-electron chi connectivity index (χ2n) is 5.33. The number of hydrogen-bond acceptors (Lipinski definition) is 4. The van der Waals surface area contributed by atoms with Crippen molar-refractivity contribution < 1.29 is 18.7 Å². The van der Waals surface area contributed by atoms with Gasteiger partial charge < -0.3 is 9.47 Å². The Morgan fingerprint density at radius 1 is 1.17 bits per heavy atom. The van der Waals surface area contributed by atoms with E-state index in [1.54, 1.807) is 25.3 Å². The molecule has 0 aromatic heterocycles. The average Bonchev–Trinajstić information content (AvgIpc) is 2.94. The van der Waals surface area contributed by atoms with Gasteiger partial charge in [-0.15, -0.1) is 0 Å². The molecule has 0 saturated heterocycles. The molecule has 1 aliphatic heterocycles. The highest BCUT2D eigenvalue weighted by Gasteiger charge is 2.22. The molecule has 2 aromatic carbocycles. The number of benzene rings is 2. The zero-order valence-corrected chi connectivity index (χ0v) is 13.2. The van der Waals surface area contributed by atoms with Crippen LogP contribution in [0.5, 0.6) is 5.75 Å². The van der Waals surface area contributed by atoms with E-state index in [0.717, 1.165) is 11.1 Å². The molecule has 2 aromatic rings. The molecule has 0 bridgehead atoms. The summed E-state index contributed by atoms with van der Waals surface area (Å²) in [6.45, 7) is 0. The Kier molecular flexibility index (Phi) is 4.70. The smallest absolute Gasteiger partial charge is 0.363 e. The highest BCUT2D eigenvalue weighted by molar-refractivity contribution is 6.07. The second kappa shape index (κ2) is 7.08. The Bertz CT molecular complexity index is 810. The molecule has 0 amide bonds. The fourth-order valence-electron chi connectivity index (χ4n) is 2.35. The quantitative estimate of drug-likeness (QED) is 0.621. The summed E-state index contributed by atoms with van der Waals surface area (Å²) in [5, 5.41) is 0. The predicted molar refractivity (Wildman–Crippen MR) is 89.2 cm³/mol. The number of cyclic esters (lactones) is 1. The van der Waals surface area contributed by atoms with Crippen molar-refractivity contribution in [3.63, 3.8) is 0 Å².